The molecule has 3 rings (SSSR count). The van der Waals surface area contributed by atoms with Crippen LogP contribution in [0.15, 0.2) is 10.5 Å². The van der Waals surface area contributed by atoms with Crippen LogP contribution in [-0.2, 0) is 6.42 Å². The molecule has 1 atom stereocenters. The Kier molecular flexibility index (Phi) is 3.11. The van der Waals surface area contributed by atoms with Gasteiger partial charge >= 0.3 is 0 Å². The Morgan fingerprint density at radius 2 is 2.29 bits per heavy atom. The minimum absolute atomic E-state index is 0.147. The third kappa shape index (κ3) is 2.10. The van der Waals surface area contributed by atoms with Crippen LogP contribution in [-0.4, -0.2) is 4.98 Å². The van der Waals surface area contributed by atoms with Crippen molar-refractivity contribution in [2.45, 2.75) is 32.2 Å². The highest BCUT2D eigenvalue weighted by atomic mass is 79.9. The van der Waals surface area contributed by atoms with E-state index in [1.807, 2.05) is 11.3 Å². The van der Waals surface area contributed by atoms with Crippen molar-refractivity contribution in [3.63, 3.8) is 0 Å². The summed E-state index contributed by atoms with van der Waals surface area (Å²) in [7, 11) is 0. The SMILES string of the molecule is Cc1sc(-c2nc3c(s2)CCCC3N)cc1Br. The summed E-state index contributed by atoms with van der Waals surface area (Å²) in [6.45, 7) is 2.12. The number of thiazole rings is 1. The lowest BCUT2D eigenvalue weighted by Gasteiger charge is -2.15. The van der Waals surface area contributed by atoms with Crippen LogP contribution in [0.3, 0.4) is 0 Å². The van der Waals surface area contributed by atoms with E-state index in [9.17, 15) is 0 Å². The van der Waals surface area contributed by atoms with Crippen molar-refractivity contribution < 1.29 is 0 Å². The van der Waals surface area contributed by atoms with E-state index < -0.39 is 0 Å². The molecular formula is C12H13BrN2S2. The van der Waals surface area contributed by atoms with Crippen molar-refractivity contribution in [2.75, 3.05) is 0 Å². The van der Waals surface area contributed by atoms with E-state index in [-0.39, 0.29) is 6.04 Å². The number of thiophene rings is 1. The molecule has 0 radical (unpaired) electrons. The van der Waals surface area contributed by atoms with Gasteiger partial charge in [0.1, 0.15) is 5.01 Å². The summed E-state index contributed by atoms with van der Waals surface area (Å²) < 4.78 is 1.18. The Morgan fingerprint density at radius 1 is 1.47 bits per heavy atom. The average molecular weight is 329 g/mol. The van der Waals surface area contributed by atoms with Gasteiger partial charge in [-0.05, 0) is 48.2 Å². The average Bonchev–Trinajstić information content (AvgIpc) is 2.85. The zero-order chi connectivity index (χ0) is 12.0. The van der Waals surface area contributed by atoms with Gasteiger partial charge < -0.3 is 5.73 Å². The normalized spacial score (nSPS) is 19.4. The fraction of sp³-hybridized carbons (Fsp3) is 0.417. The topological polar surface area (TPSA) is 38.9 Å². The molecule has 2 nitrogen and oxygen atoms in total. The van der Waals surface area contributed by atoms with Crippen molar-refractivity contribution in [2.24, 2.45) is 5.73 Å². The van der Waals surface area contributed by atoms with Crippen molar-refractivity contribution in [1.29, 1.82) is 0 Å². The third-order valence-corrected chi connectivity index (χ3v) is 6.50. The summed E-state index contributed by atoms with van der Waals surface area (Å²) in [4.78, 5) is 8.68. The van der Waals surface area contributed by atoms with Crippen LogP contribution in [0.25, 0.3) is 9.88 Å². The number of hydrogen-bond donors (Lipinski definition) is 1. The number of rotatable bonds is 1. The highest BCUT2D eigenvalue weighted by Crippen LogP contribution is 2.40. The summed E-state index contributed by atoms with van der Waals surface area (Å²) in [5.41, 5.74) is 7.25. The van der Waals surface area contributed by atoms with E-state index in [1.54, 1.807) is 11.3 Å². The van der Waals surface area contributed by atoms with Crippen molar-refractivity contribution >= 4 is 38.6 Å². The van der Waals surface area contributed by atoms with Crippen LogP contribution < -0.4 is 5.73 Å². The van der Waals surface area contributed by atoms with E-state index >= 15 is 0 Å². The molecule has 5 heteroatoms. The number of fused-ring (bicyclic) bond motifs is 1. The van der Waals surface area contributed by atoms with E-state index in [0.717, 1.165) is 23.5 Å². The lowest BCUT2D eigenvalue weighted by Crippen LogP contribution is -2.16. The number of aryl methyl sites for hydroxylation is 2. The van der Waals surface area contributed by atoms with E-state index in [0.29, 0.717) is 0 Å². The Morgan fingerprint density at radius 3 is 2.94 bits per heavy atom. The van der Waals surface area contributed by atoms with E-state index in [1.165, 1.54) is 25.5 Å². The molecule has 0 saturated carbocycles. The molecular weight excluding hydrogens is 316 g/mol. The lowest BCUT2D eigenvalue weighted by molar-refractivity contribution is 0.564. The molecule has 17 heavy (non-hydrogen) atoms. The first kappa shape index (κ1) is 11.8. The Balaban J connectivity index is 2.04. The highest BCUT2D eigenvalue weighted by Gasteiger charge is 2.22. The maximum Gasteiger partial charge on any atom is 0.134 e. The molecule has 2 aromatic heterocycles. The Labute approximate surface area is 117 Å². The second-order valence-electron chi connectivity index (χ2n) is 4.34. The molecule has 0 bridgehead atoms. The van der Waals surface area contributed by atoms with Gasteiger partial charge in [-0.2, -0.15) is 0 Å². The Hall–Kier alpha value is -0.230. The van der Waals surface area contributed by atoms with Crippen LogP contribution in [0.2, 0.25) is 0 Å². The molecule has 2 N–H and O–H groups in total. The molecule has 1 aliphatic carbocycles. The molecule has 2 heterocycles. The first-order valence-corrected chi connectivity index (χ1v) is 8.09. The number of halogens is 1. The summed E-state index contributed by atoms with van der Waals surface area (Å²) >= 11 is 7.16. The van der Waals surface area contributed by atoms with Gasteiger partial charge in [0.15, 0.2) is 0 Å². The summed E-state index contributed by atoms with van der Waals surface area (Å²) in [6.07, 6.45) is 3.42. The van der Waals surface area contributed by atoms with Crippen LogP contribution in [0.1, 0.15) is 34.3 Å². The second-order valence-corrected chi connectivity index (χ2v) is 7.54. The van der Waals surface area contributed by atoms with E-state index in [2.05, 4.69) is 28.9 Å². The van der Waals surface area contributed by atoms with Gasteiger partial charge in [-0.3, -0.25) is 0 Å². The van der Waals surface area contributed by atoms with Gasteiger partial charge in [0, 0.05) is 20.3 Å². The fourth-order valence-corrected chi connectivity index (χ4v) is 4.88. The van der Waals surface area contributed by atoms with Crippen LogP contribution in [0, 0.1) is 6.92 Å². The number of nitrogens with zero attached hydrogens (tertiary/aromatic N) is 1. The minimum atomic E-state index is 0.147. The predicted molar refractivity (Wildman–Crippen MR) is 77.7 cm³/mol. The van der Waals surface area contributed by atoms with Crippen LogP contribution in [0.4, 0.5) is 0 Å². The largest absolute Gasteiger partial charge is 0.323 e. The van der Waals surface area contributed by atoms with Gasteiger partial charge in [0.05, 0.1) is 10.6 Å². The molecule has 0 amide bonds. The molecule has 0 saturated heterocycles. The minimum Gasteiger partial charge on any atom is -0.323 e. The summed E-state index contributed by atoms with van der Waals surface area (Å²) in [6, 6.07) is 2.31. The number of aromatic nitrogens is 1. The van der Waals surface area contributed by atoms with E-state index in [4.69, 9.17) is 10.7 Å². The maximum atomic E-state index is 6.11. The smallest absolute Gasteiger partial charge is 0.134 e. The molecule has 0 spiro atoms. The first-order valence-electron chi connectivity index (χ1n) is 5.66. The zero-order valence-electron chi connectivity index (χ0n) is 9.50. The van der Waals surface area contributed by atoms with Gasteiger partial charge in [-0.25, -0.2) is 4.98 Å². The molecule has 0 aliphatic heterocycles. The predicted octanol–water partition coefficient (Wildman–Crippen LogP) is 4.28. The van der Waals surface area contributed by atoms with Crippen LogP contribution >= 0.6 is 38.6 Å². The lowest BCUT2D eigenvalue weighted by atomic mass is 9.99. The highest BCUT2D eigenvalue weighted by molar-refractivity contribution is 9.10. The number of hydrogen-bond acceptors (Lipinski definition) is 4. The monoisotopic (exact) mass is 328 g/mol. The van der Waals surface area contributed by atoms with Gasteiger partial charge in [0.25, 0.3) is 0 Å². The molecule has 1 aliphatic rings. The number of nitrogens with two attached hydrogens (primary N) is 1. The van der Waals surface area contributed by atoms with Crippen molar-refractivity contribution in [1.82, 2.24) is 4.98 Å². The Bertz CT molecular complexity index is 539. The molecule has 1 unspecified atom stereocenters. The van der Waals surface area contributed by atoms with Crippen LogP contribution in [0.5, 0.6) is 0 Å². The third-order valence-electron chi connectivity index (χ3n) is 3.07. The van der Waals surface area contributed by atoms with Crippen molar-refractivity contribution in [3.8, 4) is 9.88 Å². The van der Waals surface area contributed by atoms with Gasteiger partial charge in [-0.1, -0.05) is 0 Å². The summed E-state index contributed by atoms with van der Waals surface area (Å²) in [5, 5.41) is 1.13. The molecule has 90 valence electrons. The standard InChI is InChI=1S/C12H13BrN2S2/c1-6-7(13)5-10(16-6)12-15-11-8(14)3-2-4-9(11)17-12/h5,8H,2-4,14H2,1H3. The summed E-state index contributed by atoms with van der Waals surface area (Å²) in [5.74, 6) is 0. The molecule has 2 aromatic rings. The van der Waals surface area contributed by atoms with Gasteiger partial charge in [0.2, 0.25) is 0 Å². The fourth-order valence-electron chi connectivity index (χ4n) is 2.12. The maximum absolute atomic E-state index is 6.11. The second kappa shape index (κ2) is 4.46. The first-order chi connectivity index (χ1) is 8.15. The zero-order valence-corrected chi connectivity index (χ0v) is 12.7. The van der Waals surface area contributed by atoms with Crippen molar-refractivity contribution in [3.05, 3.63) is 26.0 Å². The molecule has 0 aromatic carbocycles. The molecule has 0 fully saturated rings. The quantitative estimate of drug-likeness (QED) is 0.848. The van der Waals surface area contributed by atoms with Gasteiger partial charge in [-0.15, -0.1) is 22.7 Å².